The first kappa shape index (κ1) is 15.5. The second-order valence-corrected chi connectivity index (χ2v) is 6.91. The van der Waals surface area contributed by atoms with Crippen molar-refractivity contribution in [2.24, 2.45) is 0 Å². The molecule has 7 heteroatoms. The molecule has 0 aliphatic rings. The molecule has 0 bridgehead atoms. The van der Waals surface area contributed by atoms with Crippen LogP contribution in [0.3, 0.4) is 0 Å². The molecule has 0 amide bonds. The second kappa shape index (κ2) is 6.71. The Morgan fingerprint density at radius 2 is 2.05 bits per heavy atom. The molecule has 2 aromatic heterocycles. The van der Waals surface area contributed by atoms with E-state index in [1.807, 2.05) is 13.1 Å². The van der Waals surface area contributed by atoms with Crippen molar-refractivity contribution in [2.75, 3.05) is 18.1 Å². The van der Waals surface area contributed by atoms with E-state index in [2.05, 4.69) is 19.9 Å². The van der Waals surface area contributed by atoms with Gasteiger partial charge in [-0.1, -0.05) is 0 Å². The fraction of sp³-hybridized carbons (Fsp3) is 0.429. The molecule has 0 fully saturated rings. The number of aryl methyl sites for hydroxylation is 2. The number of aromatic nitrogens is 3. The Labute approximate surface area is 125 Å². The Hall–Kier alpha value is -1.89. The van der Waals surface area contributed by atoms with Crippen molar-refractivity contribution < 1.29 is 8.42 Å². The predicted octanol–water partition coefficient (Wildman–Crippen LogP) is 1.88. The minimum atomic E-state index is -3.25. The van der Waals surface area contributed by atoms with Crippen molar-refractivity contribution in [1.82, 2.24) is 14.5 Å². The molecule has 0 aliphatic carbocycles. The molecule has 0 saturated heterocycles. The van der Waals surface area contributed by atoms with Crippen LogP contribution in [0.5, 0.6) is 0 Å². The van der Waals surface area contributed by atoms with Gasteiger partial charge in [0.05, 0.1) is 0 Å². The van der Waals surface area contributed by atoms with Crippen LogP contribution in [-0.4, -0.2) is 35.8 Å². The van der Waals surface area contributed by atoms with Gasteiger partial charge in [0.15, 0.2) is 9.84 Å². The second-order valence-electron chi connectivity index (χ2n) is 4.92. The van der Waals surface area contributed by atoms with Gasteiger partial charge in [-0.15, -0.1) is 0 Å². The van der Waals surface area contributed by atoms with Gasteiger partial charge in [-0.3, -0.25) is 0 Å². The van der Waals surface area contributed by atoms with E-state index in [9.17, 15) is 8.42 Å². The van der Waals surface area contributed by atoms with Crippen molar-refractivity contribution in [3.05, 3.63) is 36.5 Å². The van der Waals surface area contributed by atoms with Crippen LogP contribution in [-0.2, 0) is 16.4 Å². The maximum atomic E-state index is 11.6. The van der Waals surface area contributed by atoms with Gasteiger partial charge in [0.25, 0.3) is 0 Å². The lowest BCUT2D eigenvalue weighted by molar-refractivity contribution is 0.600. The Kier molecular flexibility index (Phi) is 4.95. The van der Waals surface area contributed by atoms with E-state index in [0.717, 1.165) is 25.2 Å². The molecule has 1 N–H and O–H groups in total. The summed E-state index contributed by atoms with van der Waals surface area (Å²) in [5, 5.41) is 3.10. The van der Waals surface area contributed by atoms with Crippen LogP contribution in [0.4, 0.5) is 5.82 Å². The standard InChI is InChI=1S/C14H20N4O2S/c1-12-15-9-11-18(12)10-4-3-7-16-14-13(21(2,19)20)6-5-8-17-14/h5-6,8-9,11H,3-4,7,10H2,1-2H3,(H,16,17). The quantitative estimate of drug-likeness (QED) is 0.790. The number of anilines is 1. The van der Waals surface area contributed by atoms with Crippen molar-refractivity contribution in [3.8, 4) is 0 Å². The van der Waals surface area contributed by atoms with Gasteiger partial charge >= 0.3 is 0 Å². The summed E-state index contributed by atoms with van der Waals surface area (Å²) in [5.41, 5.74) is 0. The fourth-order valence-corrected chi connectivity index (χ4v) is 2.88. The molecular formula is C14H20N4O2S. The van der Waals surface area contributed by atoms with E-state index < -0.39 is 9.84 Å². The summed E-state index contributed by atoms with van der Waals surface area (Å²) in [4.78, 5) is 8.52. The zero-order chi connectivity index (χ0) is 15.3. The third kappa shape index (κ3) is 4.29. The lowest BCUT2D eigenvalue weighted by Gasteiger charge is -2.10. The monoisotopic (exact) mass is 308 g/mol. The summed E-state index contributed by atoms with van der Waals surface area (Å²) in [6, 6.07) is 3.20. The smallest absolute Gasteiger partial charge is 0.179 e. The maximum Gasteiger partial charge on any atom is 0.179 e. The number of hydrogen-bond donors (Lipinski definition) is 1. The number of rotatable bonds is 7. The van der Waals surface area contributed by atoms with Crippen molar-refractivity contribution in [1.29, 1.82) is 0 Å². The highest BCUT2D eigenvalue weighted by atomic mass is 32.2. The fourth-order valence-electron chi connectivity index (χ4n) is 2.08. The highest BCUT2D eigenvalue weighted by molar-refractivity contribution is 7.90. The van der Waals surface area contributed by atoms with E-state index in [4.69, 9.17) is 0 Å². The van der Waals surface area contributed by atoms with Gasteiger partial charge in [-0.25, -0.2) is 18.4 Å². The zero-order valence-electron chi connectivity index (χ0n) is 12.3. The molecule has 0 atom stereocenters. The van der Waals surface area contributed by atoms with Gasteiger partial charge in [0.2, 0.25) is 0 Å². The van der Waals surface area contributed by atoms with Gasteiger partial charge in [-0.2, -0.15) is 0 Å². The van der Waals surface area contributed by atoms with Gasteiger partial charge in [0.1, 0.15) is 16.5 Å². The molecule has 0 aliphatic heterocycles. The van der Waals surface area contributed by atoms with Crippen LogP contribution in [0.15, 0.2) is 35.6 Å². The van der Waals surface area contributed by atoms with Crippen LogP contribution >= 0.6 is 0 Å². The largest absolute Gasteiger partial charge is 0.369 e. The third-order valence-electron chi connectivity index (χ3n) is 3.21. The molecule has 0 radical (unpaired) electrons. The number of nitrogens with zero attached hydrogens (tertiary/aromatic N) is 3. The Morgan fingerprint density at radius 3 is 2.71 bits per heavy atom. The Balaban J connectivity index is 1.83. The number of imidazole rings is 1. The van der Waals surface area contributed by atoms with Crippen molar-refractivity contribution in [2.45, 2.75) is 31.2 Å². The molecule has 114 valence electrons. The Bertz CT molecular complexity index is 695. The first-order valence-corrected chi connectivity index (χ1v) is 8.74. The van der Waals surface area contributed by atoms with E-state index >= 15 is 0 Å². The SMILES string of the molecule is Cc1nccn1CCCCNc1ncccc1S(C)(=O)=O. The van der Waals surface area contributed by atoms with E-state index in [1.54, 1.807) is 24.5 Å². The molecule has 2 rings (SSSR count). The molecule has 0 aromatic carbocycles. The average molecular weight is 308 g/mol. The van der Waals surface area contributed by atoms with Gasteiger partial charge < -0.3 is 9.88 Å². The summed E-state index contributed by atoms with van der Waals surface area (Å²) in [5.74, 6) is 1.44. The Morgan fingerprint density at radius 1 is 1.24 bits per heavy atom. The van der Waals surface area contributed by atoms with E-state index in [-0.39, 0.29) is 4.90 Å². The zero-order valence-corrected chi connectivity index (χ0v) is 13.1. The van der Waals surface area contributed by atoms with Crippen LogP contribution < -0.4 is 5.32 Å². The van der Waals surface area contributed by atoms with Gasteiger partial charge in [-0.05, 0) is 31.9 Å². The normalized spacial score (nSPS) is 11.5. The summed E-state index contributed by atoms with van der Waals surface area (Å²) in [7, 11) is -3.25. The number of hydrogen-bond acceptors (Lipinski definition) is 5. The maximum absolute atomic E-state index is 11.6. The molecule has 0 saturated carbocycles. The highest BCUT2D eigenvalue weighted by Gasteiger charge is 2.13. The minimum absolute atomic E-state index is 0.246. The number of sulfone groups is 1. The predicted molar refractivity (Wildman–Crippen MR) is 82.0 cm³/mol. The van der Waals surface area contributed by atoms with Crippen LogP contribution in [0.25, 0.3) is 0 Å². The topological polar surface area (TPSA) is 76.9 Å². The molecule has 2 heterocycles. The van der Waals surface area contributed by atoms with E-state index in [1.165, 1.54) is 6.26 Å². The van der Waals surface area contributed by atoms with E-state index in [0.29, 0.717) is 12.4 Å². The summed E-state index contributed by atoms with van der Waals surface area (Å²) in [6.45, 7) is 3.58. The van der Waals surface area contributed by atoms with Gasteiger partial charge in [0, 0.05) is 37.9 Å². The molecule has 2 aromatic rings. The number of unbranched alkanes of at least 4 members (excludes halogenated alkanes) is 1. The number of pyridine rings is 1. The van der Waals surface area contributed by atoms with Crippen LogP contribution in [0.1, 0.15) is 18.7 Å². The van der Waals surface area contributed by atoms with Crippen LogP contribution in [0, 0.1) is 6.92 Å². The minimum Gasteiger partial charge on any atom is -0.369 e. The molecular weight excluding hydrogens is 288 g/mol. The first-order chi connectivity index (χ1) is 9.98. The summed E-state index contributed by atoms with van der Waals surface area (Å²) in [6.07, 6.45) is 8.45. The number of nitrogens with one attached hydrogen (secondary N) is 1. The lowest BCUT2D eigenvalue weighted by Crippen LogP contribution is -2.10. The van der Waals surface area contributed by atoms with Crippen LogP contribution in [0.2, 0.25) is 0 Å². The third-order valence-corrected chi connectivity index (χ3v) is 4.34. The lowest BCUT2D eigenvalue weighted by atomic mass is 10.3. The molecule has 0 spiro atoms. The average Bonchev–Trinajstić information content (AvgIpc) is 2.83. The highest BCUT2D eigenvalue weighted by Crippen LogP contribution is 2.17. The van der Waals surface area contributed by atoms with Crippen molar-refractivity contribution >= 4 is 15.7 Å². The molecule has 0 unspecified atom stereocenters. The first-order valence-electron chi connectivity index (χ1n) is 6.85. The summed E-state index contributed by atoms with van der Waals surface area (Å²) < 4.78 is 25.4. The molecule has 6 nitrogen and oxygen atoms in total. The summed E-state index contributed by atoms with van der Waals surface area (Å²) >= 11 is 0. The van der Waals surface area contributed by atoms with Crippen molar-refractivity contribution in [3.63, 3.8) is 0 Å². The molecule has 21 heavy (non-hydrogen) atoms.